The lowest BCUT2D eigenvalue weighted by molar-refractivity contribution is 0.472. The van der Waals surface area contributed by atoms with Crippen molar-refractivity contribution < 1.29 is 9.50 Å². The minimum Gasteiger partial charge on any atom is -0.506 e. The summed E-state index contributed by atoms with van der Waals surface area (Å²) in [6.45, 7) is 3.23. The molecule has 1 saturated heterocycles. The van der Waals surface area contributed by atoms with Gasteiger partial charge in [-0.15, -0.1) is 11.3 Å². The molecule has 1 aliphatic rings. The Morgan fingerprint density at radius 3 is 2.38 bits per heavy atom. The van der Waals surface area contributed by atoms with Crippen molar-refractivity contribution >= 4 is 33.1 Å². The Labute approximate surface area is 171 Å². The average molecular weight is 406 g/mol. The molecule has 0 spiro atoms. The van der Waals surface area contributed by atoms with E-state index in [4.69, 9.17) is 0 Å². The molecule has 0 saturated carbocycles. The topological polar surface area (TPSA) is 52.5 Å². The molecule has 1 aliphatic heterocycles. The molecule has 1 fully saturated rings. The molecule has 0 bridgehead atoms. The van der Waals surface area contributed by atoms with E-state index in [0.29, 0.717) is 5.75 Å². The fraction of sp³-hybridized carbons (Fsp3) is 0.182. The molecule has 3 heterocycles. The van der Waals surface area contributed by atoms with Gasteiger partial charge in [0.25, 0.3) is 0 Å². The molecule has 1 N–H and O–H groups in total. The number of fused-ring (bicyclic) bond motifs is 1. The van der Waals surface area contributed by atoms with Crippen LogP contribution in [0.25, 0.3) is 20.7 Å². The smallest absolute Gasteiger partial charge is 0.150 e. The van der Waals surface area contributed by atoms with Gasteiger partial charge >= 0.3 is 0 Å². The van der Waals surface area contributed by atoms with E-state index in [-0.39, 0.29) is 5.82 Å². The van der Waals surface area contributed by atoms with Crippen molar-refractivity contribution in [3.8, 4) is 16.2 Å². The Balaban J connectivity index is 1.41. The van der Waals surface area contributed by atoms with Crippen molar-refractivity contribution in [1.82, 2.24) is 9.97 Å². The number of phenols is 1. The highest BCUT2D eigenvalue weighted by atomic mass is 32.1. The van der Waals surface area contributed by atoms with E-state index >= 15 is 0 Å². The Morgan fingerprint density at radius 1 is 0.897 bits per heavy atom. The molecular weight excluding hydrogens is 387 g/mol. The number of aromatic nitrogens is 2. The number of nitrogens with zero attached hydrogens (tertiary/aromatic N) is 4. The third-order valence-corrected chi connectivity index (χ3v) is 6.39. The van der Waals surface area contributed by atoms with Gasteiger partial charge in [0.15, 0.2) is 0 Å². The van der Waals surface area contributed by atoms with Crippen LogP contribution in [0.4, 0.5) is 15.9 Å². The second kappa shape index (κ2) is 7.33. The van der Waals surface area contributed by atoms with Gasteiger partial charge in [-0.1, -0.05) is 24.3 Å². The minimum atomic E-state index is -0.238. The number of anilines is 2. The normalized spacial score (nSPS) is 14.5. The zero-order chi connectivity index (χ0) is 19.8. The van der Waals surface area contributed by atoms with E-state index in [9.17, 15) is 9.50 Å². The molecule has 0 unspecified atom stereocenters. The van der Waals surface area contributed by atoms with Crippen LogP contribution in [0, 0.1) is 5.82 Å². The van der Waals surface area contributed by atoms with E-state index in [1.54, 1.807) is 35.9 Å². The summed E-state index contributed by atoms with van der Waals surface area (Å²) in [7, 11) is 0. The van der Waals surface area contributed by atoms with E-state index in [1.165, 1.54) is 12.1 Å². The number of benzene rings is 2. The van der Waals surface area contributed by atoms with Gasteiger partial charge in [0.1, 0.15) is 23.7 Å². The molecule has 4 aromatic rings. The lowest BCUT2D eigenvalue weighted by Gasteiger charge is -2.37. The van der Waals surface area contributed by atoms with Crippen LogP contribution in [0.1, 0.15) is 0 Å². The zero-order valence-electron chi connectivity index (χ0n) is 15.6. The Bertz CT molecular complexity index is 1150. The lowest BCUT2D eigenvalue weighted by Crippen LogP contribution is -2.46. The first-order valence-corrected chi connectivity index (χ1v) is 10.3. The van der Waals surface area contributed by atoms with Gasteiger partial charge in [0.05, 0.1) is 15.9 Å². The number of piperazine rings is 1. The molecule has 5 rings (SSSR count). The molecule has 5 nitrogen and oxygen atoms in total. The first-order chi connectivity index (χ1) is 14.2. The highest BCUT2D eigenvalue weighted by Crippen LogP contribution is 2.37. The molecular formula is C22H19FN4OS. The summed E-state index contributed by atoms with van der Waals surface area (Å²) >= 11 is 1.63. The molecule has 146 valence electrons. The lowest BCUT2D eigenvalue weighted by atomic mass is 10.2. The summed E-state index contributed by atoms with van der Waals surface area (Å²) in [5, 5.41) is 10.1. The first kappa shape index (κ1) is 17.9. The quantitative estimate of drug-likeness (QED) is 0.542. The molecule has 29 heavy (non-hydrogen) atoms. The highest BCUT2D eigenvalue weighted by Gasteiger charge is 2.22. The number of aromatic hydroxyl groups is 1. The van der Waals surface area contributed by atoms with Crippen LogP contribution in [0.5, 0.6) is 5.75 Å². The number of hydrogen-bond donors (Lipinski definition) is 1. The van der Waals surface area contributed by atoms with Crippen LogP contribution < -0.4 is 9.80 Å². The third kappa shape index (κ3) is 3.38. The molecule has 2 aromatic carbocycles. The van der Waals surface area contributed by atoms with Crippen molar-refractivity contribution in [2.45, 2.75) is 0 Å². The van der Waals surface area contributed by atoms with E-state index in [1.807, 2.05) is 24.3 Å². The van der Waals surface area contributed by atoms with Crippen molar-refractivity contribution in [3.05, 3.63) is 66.7 Å². The molecule has 0 amide bonds. The number of para-hydroxylation sites is 2. The zero-order valence-corrected chi connectivity index (χ0v) is 16.4. The van der Waals surface area contributed by atoms with Crippen molar-refractivity contribution in [1.29, 1.82) is 0 Å². The molecule has 0 aliphatic carbocycles. The van der Waals surface area contributed by atoms with Gasteiger partial charge in [0.2, 0.25) is 0 Å². The van der Waals surface area contributed by atoms with E-state index in [0.717, 1.165) is 58.3 Å². The first-order valence-electron chi connectivity index (χ1n) is 9.47. The number of halogens is 1. The number of hydrogen-bond acceptors (Lipinski definition) is 6. The van der Waals surface area contributed by atoms with Gasteiger partial charge < -0.3 is 14.9 Å². The van der Waals surface area contributed by atoms with Crippen LogP contribution in [-0.4, -0.2) is 41.3 Å². The van der Waals surface area contributed by atoms with Gasteiger partial charge in [-0.3, -0.25) is 0 Å². The monoisotopic (exact) mass is 406 g/mol. The number of rotatable bonds is 3. The van der Waals surface area contributed by atoms with Crippen LogP contribution in [-0.2, 0) is 0 Å². The minimum absolute atomic E-state index is 0.238. The Morgan fingerprint density at radius 2 is 1.62 bits per heavy atom. The van der Waals surface area contributed by atoms with Crippen LogP contribution in [0.15, 0.2) is 60.9 Å². The second-order valence-corrected chi connectivity index (χ2v) is 8.04. The summed E-state index contributed by atoms with van der Waals surface area (Å²) in [6.07, 6.45) is 1.61. The van der Waals surface area contributed by atoms with Crippen LogP contribution >= 0.6 is 11.3 Å². The summed E-state index contributed by atoms with van der Waals surface area (Å²) in [4.78, 5) is 14.5. The maximum atomic E-state index is 13.2. The average Bonchev–Trinajstić information content (AvgIpc) is 3.19. The third-order valence-electron chi connectivity index (χ3n) is 5.22. The fourth-order valence-corrected chi connectivity index (χ4v) is 4.85. The summed E-state index contributed by atoms with van der Waals surface area (Å²) in [5.74, 6) is 1.01. The standard InChI is InChI=1S/C22H19FN4OS/c23-16-7-5-15(6-8-16)20-13-17-21(29-20)22(25-14-24-17)27-11-9-26(10-12-27)18-3-1-2-4-19(18)28/h1-8,13-14,28H,9-12H2. The highest BCUT2D eigenvalue weighted by molar-refractivity contribution is 7.22. The second-order valence-electron chi connectivity index (χ2n) is 6.99. The molecule has 2 aromatic heterocycles. The van der Waals surface area contributed by atoms with Crippen molar-refractivity contribution in [3.63, 3.8) is 0 Å². The summed E-state index contributed by atoms with van der Waals surface area (Å²) in [6, 6.07) is 16.0. The Hall–Kier alpha value is -3.19. The van der Waals surface area contributed by atoms with E-state index in [2.05, 4.69) is 19.8 Å². The SMILES string of the molecule is Oc1ccccc1N1CCN(c2ncnc3cc(-c4ccc(F)cc4)sc23)CC1. The van der Waals surface area contributed by atoms with Gasteiger partial charge in [-0.05, 0) is 35.9 Å². The van der Waals surface area contributed by atoms with Gasteiger partial charge in [0, 0.05) is 31.1 Å². The maximum absolute atomic E-state index is 13.2. The summed E-state index contributed by atoms with van der Waals surface area (Å²) < 4.78 is 14.3. The van der Waals surface area contributed by atoms with Crippen molar-refractivity contribution in [2.24, 2.45) is 0 Å². The maximum Gasteiger partial charge on any atom is 0.150 e. The largest absolute Gasteiger partial charge is 0.506 e. The van der Waals surface area contributed by atoms with Crippen LogP contribution in [0.2, 0.25) is 0 Å². The summed E-state index contributed by atoms with van der Waals surface area (Å²) in [5.41, 5.74) is 2.75. The fourth-order valence-electron chi connectivity index (χ4n) is 3.71. The van der Waals surface area contributed by atoms with Crippen molar-refractivity contribution in [2.75, 3.05) is 36.0 Å². The molecule has 0 atom stereocenters. The molecule has 7 heteroatoms. The number of thiophene rings is 1. The van der Waals surface area contributed by atoms with Gasteiger partial charge in [-0.25, -0.2) is 14.4 Å². The number of phenolic OH excluding ortho intramolecular Hbond substituents is 1. The van der Waals surface area contributed by atoms with E-state index < -0.39 is 0 Å². The van der Waals surface area contributed by atoms with Crippen LogP contribution in [0.3, 0.4) is 0 Å². The predicted molar refractivity (Wildman–Crippen MR) is 115 cm³/mol. The molecule has 0 radical (unpaired) electrons. The van der Waals surface area contributed by atoms with Gasteiger partial charge in [-0.2, -0.15) is 0 Å². The Kier molecular flexibility index (Phi) is 4.52. The predicted octanol–water partition coefficient (Wildman–Crippen LogP) is 4.53.